The van der Waals surface area contributed by atoms with Crippen molar-refractivity contribution in [2.75, 3.05) is 18.9 Å². The lowest BCUT2D eigenvalue weighted by molar-refractivity contribution is 0.0387. The molecule has 1 aliphatic heterocycles. The second-order valence-electron chi connectivity index (χ2n) is 4.29. The first-order valence-corrected chi connectivity index (χ1v) is 6.00. The van der Waals surface area contributed by atoms with Gasteiger partial charge in [0.15, 0.2) is 0 Å². The number of hydrogen-bond acceptors (Lipinski definition) is 4. The highest BCUT2D eigenvalue weighted by atomic mass is 19.1. The van der Waals surface area contributed by atoms with Gasteiger partial charge in [0.05, 0.1) is 18.3 Å². The fraction of sp³-hybridized carbons (Fsp3) is 0.462. The Kier molecular flexibility index (Phi) is 4.15. The van der Waals surface area contributed by atoms with Crippen LogP contribution in [0.25, 0.3) is 0 Å². The molecule has 1 heterocycles. The van der Waals surface area contributed by atoms with E-state index in [2.05, 4.69) is 0 Å². The summed E-state index contributed by atoms with van der Waals surface area (Å²) in [4.78, 5) is 11.7. The lowest BCUT2D eigenvalue weighted by Crippen LogP contribution is -2.14. The van der Waals surface area contributed by atoms with Gasteiger partial charge >= 0.3 is 5.97 Å². The van der Waals surface area contributed by atoms with E-state index in [-0.39, 0.29) is 17.4 Å². The van der Waals surface area contributed by atoms with Crippen molar-refractivity contribution >= 4 is 11.7 Å². The second-order valence-corrected chi connectivity index (χ2v) is 4.29. The number of halogens is 1. The average Bonchev–Trinajstić information content (AvgIpc) is 2.81. The number of esters is 1. The number of nitrogens with two attached hydrogens (primary N) is 1. The predicted octanol–water partition coefficient (Wildman–Crippen LogP) is 2.13. The molecule has 0 saturated carbocycles. The Morgan fingerprint density at radius 1 is 1.56 bits per heavy atom. The largest absolute Gasteiger partial charge is 0.462 e. The summed E-state index contributed by atoms with van der Waals surface area (Å²) in [5, 5.41) is 0. The molecule has 1 fully saturated rings. The molecule has 0 spiro atoms. The molecule has 0 amide bonds. The van der Waals surface area contributed by atoms with Gasteiger partial charge < -0.3 is 15.2 Å². The van der Waals surface area contributed by atoms with Crippen LogP contribution in [-0.4, -0.2) is 25.3 Å². The van der Waals surface area contributed by atoms with Crippen LogP contribution in [0.2, 0.25) is 0 Å². The minimum Gasteiger partial charge on any atom is -0.462 e. The first-order valence-electron chi connectivity index (χ1n) is 6.00. The fourth-order valence-electron chi connectivity index (χ4n) is 1.95. The molecule has 4 nitrogen and oxygen atoms in total. The zero-order chi connectivity index (χ0) is 13.0. The zero-order valence-electron chi connectivity index (χ0n) is 10.0. The molecule has 2 N–H and O–H groups in total. The van der Waals surface area contributed by atoms with E-state index >= 15 is 0 Å². The highest BCUT2D eigenvalue weighted by Gasteiger charge is 2.17. The summed E-state index contributed by atoms with van der Waals surface area (Å²) < 4.78 is 23.3. The van der Waals surface area contributed by atoms with Crippen LogP contribution in [0, 0.1) is 5.82 Å². The van der Waals surface area contributed by atoms with Crippen molar-refractivity contribution in [2.45, 2.75) is 25.4 Å². The van der Waals surface area contributed by atoms with Crippen molar-refractivity contribution in [3.05, 3.63) is 29.6 Å². The standard InChI is InChI=1S/C13H16FNO3/c14-9-3-4-11(12(15)8-9)13(16)18-7-5-10-2-1-6-17-10/h3-4,8,10H,1-2,5-7,15H2. The van der Waals surface area contributed by atoms with Gasteiger partial charge in [-0.25, -0.2) is 9.18 Å². The van der Waals surface area contributed by atoms with Gasteiger partial charge in [-0.1, -0.05) is 0 Å². The molecule has 1 atom stereocenters. The molecule has 0 aromatic heterocycles. The van der Waals surface area contributed by atoms with Crippen molar-refractivity contribution in [2.24, 2.45) is 0 Å². The number of carbonyl (C=O) groups is 1. The summed E-state index contributed by atoms with van der Waals surface area (Å²) in [6.45, 7) is 1.07. The third-order valence-electron chi connectivity index (χ3n) is 2.93. The summed E-state index contributed by atoms with van der Waals surface area (Å²) in [5.74, 6) is -0.992. The lowest BCUT2D eigenvalue weighted by Gasteiger charge is -2.10. The molecular weight excluding hydrogens is 237 g/mol. The number of carbonyl (C=O) groups excluding carboxylic acids is 1. The highest BCUT2D eigenvalue weighted by Crippen LogP contribution is 2.17. The maximum absolute atomic E-state index is 12.8. The number of benzene rings is 1. The van der Waals surface area contributed by atoms with Crippen LogP contribution < -0.4 is 5.73 Å². The van der Waals surface area contributed by atoms with Crippen molar-refractivity contribution in [1.29, 1.82) is 0 Å². The fourth-order valence-corrected chi connectivity index (χ4v) is 1.95. The van der Waals surface area contributed by atoms with Crippen molar-refractivity contribution in [1.82, 2.24) is 0 Å². The number of ether oxygens (including phenoxy) is 2. The summed E-state index contributed by atoms with van der Waals surface area (Å²) in [6, 6.07) is 3.63. The Hall–Kier alpha value is -1.62. The van der Waals surface area contributed by atoms with Crippen LogP contribution in [0.5, 0.6) is 0 Å². The van der Waals surface area contributed by atoms with Gasteiger partial charge in [0.1, 0.15) is 5.82 Å². The van der Waals surface area contributed by atoms with E-state index in [0.717, 1.165) is 25.5 Å². The van der Waals surface area contributed by atoms with E-state index in [9.17, 15) is 9.18 Å². The summed E-state index contributed by atoms with van der Waals surface area (Å²) in [5.41, 5.74) is 5.84. The maximum atomic E-state index is 12.8. The molecule has 1 aromatic rings. The van der Waals surface area contributed by atoms with Gasteiger partial charge in [0, 0.05) is 18.7 Å². The van der Waals surface area contributed by atoms with Gasteiger partial charge in [-0.2, -0.15) is 0 Å². The molecule has 0 bridgehead atoms. The quantitative estimate of drug-likeness (QED) is 0.659. The normalized spacial score (nSPS) is 18.8. The Bertz CT molecular complexity index is 430. The predicted molar refractivity (Wildman–Crippen MR) is 64.7 cm³/mol. The van der Waals surface area contributed by atoms with E-state index < -0.39 is 11.8 Å². The van der Waals surface area contributed by atoms with Crippen LogP contribution in [0.15, 0.2) is 18.2 Å². The molecule has 1 unspecified atom stereocenters. The van der Waals surface area contributed by atoms with Crippen molar-refractivity contribution < 1.29 is 18.7 Å². The molecule has 0 aliphatic carbocycles. The van der Waals surface area contributed by atoms with E-state index in [4.69, 9.17) is 15.2 Å². The van der Waals surface area contributed by atoms with Crippen LogP contribution >= 0.6 is 0 Å². The third kappa shape index (κ3) is 3.20. The molecular formula is C13H16FNO3. The minimum absolute atomic E-state index is 0.0946. The number of hydrogen-bond donors (Lipinski definition) is 1. The van der Waals surface area contributed by atoms with Crippen LogP contribution in [0.1, 0.15) is 29.6 Å². The van der Waals surface area contributed by atoms with E-state index in [1.165, 1.54) is 12.1 Å². The first kappa shape index (κ1) is 12.8. The molecule has 0 radical (unpaired) electrons. The number of nitrogen functional groups attached to an aromatic ring is 1. The average molecular weight is 253 g/mol. The van der Waals surface area contributed by atoms with Gasteiger partial charge in [0.2, 0.25) is 0 Å². The molecule has 18 heavy (non-hydrogen) atoms. The maximum Gasteiger partial charge on any atom is 0.340 e. The Balaban J connectivity index is 1.83. The zero-order valence-corrected chi connectivity index (χ0v) is 10.0. The Morgan fingerprint density at radius 3 is 3.06 bits per heavy atom. The number of rotatable bonds is 4. The van der Waals surface area contributed by atoms with Crippen LogP contribution in [0.3, 0.4) is 0 Å². The topological polar surface area (TPSA) is 61.6 Å². The van der Waals surface area contributed by atoms with E-state index in [0.29, 0.717) is 13.0 Å². The van der Waals surface area contributed by atoms with E-state index in [1.807, 2.05) is 0 Å². The van der Waals surface area contributed by atoms with Gasteiger partial charge in [0.25, 0.3) is 0 Å². The lowest BCUT2D eigenvalue weighted by atomic mass is 10.2. The summed E-state index contributed by atoms with van der Waals surface area (Å²) >= 11 is 0. The summed E-state index contributed by atoms with van der Waals surface area (Å²) in [6.07, 6.45) is 2.94. The minimum atomic E-state index is -0.523. The molecule has 5 heteroatoms. The highest BCUT2D eigenvalue weighted by molar-refractivity contribution is 5.94. The van der Waals surface area contributed by atoms with Crippen LogP contribution in [-0.2, 0) is 9.47 Å². The Labute approximate surface area is 105 Å². The molecule has 2 rings (SSSR count). The van der Waals surface area contributed by atoms with Crippen molar-refractivity contribution in [3.63, 3.8) is 0 Å². The molecule has 1 saturated heterocycles. The van der Waals surface area contributed by atoms with Crippen LogP contribution in [0.4, 0.5) is 10.1 Å². The smallest absolute Gasteiger partial charge is 0.340 e. The van der Waals surface area contributed by atoms with E-state index in [1.54, 1.807) is 0 Å². The second kappa shape index (κ2) is 5.82. The molecule has 98 valence electrons. The van der Waals surface area contributed by atoms with Crippen molar-refractivity contribution in [3.8, 4) is 0 Å². The molecule has 1 aromatic carbocycles. The molecule has 1 aliphatic rings. The van der Waals surface area contributed by atoms with Gasteiger partial charge in [-0.05, 0) is 31.0 Å². The monoisotopic (exact) mass is 253 g/mol. The first-order chi connectivity index (χ1) is 8.66. The number of anilines is 1. The SMILES string of the molecule is Nc1cc(F)ccc1C(=O)OCCC1CCCO1. The Morgan fingerprint density at radius 2 is 2.39 bits per heavy atom. The third-order valence-corrected chi connectivity index (χ3v) is 2.93. The van der Waals surface area contributed by atoms with Gasteiger partial charge in [-0.3, -0.25) is 0 Å². The summed E-state index contributed by atoms with van der Waals surface area (Å²) in [7, 11) is 0. The van der Waals surface area contributed by atoms with Gasteiger partial charge in [-0.15, -0.1) is 0 Å².